The Morgan fingerprint density at radius 3 is 2.64 bits per heavy atom. The fourth-order valence-corrected chi connectivity index (χ4v) is 3.23. The Kier molecular flexibility index (Phi) is 4.62. The van der Waals surface area contributed by atoms with Crippen molar-refractivity contribution in [1.29, 1.82) is 0 Å². The summed E-state index contributed by atoms with van der Waals surface area (Å²) < 4.78 is 0. The number of aromatic nitrogens is 2. The largest absolute Gasteiger partial charge is 0.320 e. The minimum atomic E-state index is -0.296. The maximum absolute atomic E-state index is 12.1. The number of thiophene rings is 1. The highest BCUT2D eigenvalue weighted by Crippen LogP contribution is 2.26. The van der Waals surface area contributed by atoms with Crippen molar-refractivity contribution in [2.75, 3.05) is 5.32 Å². The van der Waals surface area contributed by atoms with Gasteiger partial charge in [0.15, 0.2) is 5.01 Å². The van der Waals surface area contributed by atoms with Crippen molar-refractivity contribution in [3.8, 4) is 0 Å². The summed E-state index contributed by atoms with van der Waals surface area (Å²) in [6.07, 6.45) is 1.80. The number of nitrogens with zero attached hydrogens (tertiary/aromatic N) is 2. The monoisotopic (exact) mass is 347 g/mol. The maximum Gasteiger partial charge on any atom is 0.286 e. The molecule has 2 aromatic heterocycles. The van der Waals surface area contributed by atoms with Gasteiger partial charge < -0.3 is 5.32 Å². The van der Waals surface area contributed by atoms with E-state index in [1.165, 1.54) is 0 Å². The number of para-hydroxylation sites is 1. The van der Waals surface area contributed by atoms with Crippen LogP contribution in [0.1, 0.15) is 20.4 Å². The fraction of sp³-hybridized carbons (Fsp3) is 0. The van der Waals surface area contributed by atoms with Crippen molar-refractivity contribution < 1.29 is 4.79 Å². The molecule has 0 bridgehead atoms. The number of hydrogen-bond donors (Lipinski definition) is 1. The number of carbonyl (C=O) groups is 1. The second-order valence-corrected chi connectivity index (χ2v) is 6.45. The van der Waals surface area contributed by atoms with Crippen LogP contribution in [0.25, 0.3) is 11.1 Å². The third-order valence-corrected chi connectivity index (χ3v) is 4.75. The predicted octanol–water partition coefficient (Wildman–Crippen LogP) is 4.59. The first kappa shape index (κ1) is 14.9. The van der Waals surface area contributed by atoms with Gasteiger partial charge in [-0.15, -0.1) is 10.2 Å². The van der Waals surface area contributed by atoms with Crippen LogP contribution in [0.3, 0.4) is 0 Å². The molecule has 0 unspecified atom stereocenters. The van der Waals surface area contributed by atoms with Gasteiger partial charge >= 0.3 is 0 Å². The van der Waals surface area contributed by atoms with Crippen LogP contribution in [0.2, 0.25) is 0 Å². The Bertz CT molecular complexity index is 797. The van der Waals surface area contributed by atoms with Crippen molar-refractivity contribution in [3.63, 3.8) is 0 Å². The summed E-state index contributed by atoms with van der Waals surface area (Å²) in [5.74, 6) is -0.296. The summed E-state index contributed by atoms with van der Waals surface area (Å²) >= 11 is 8.97. The van der Waals surface area contributed by atoms with Gasteiger partial charge in [-0.25, -0.2) is 0 Å². The van der Waals surface area contributed by atoms with E-state index in [0.717, 1.165) is 16.9 Å². The molecule has 0 radical (unpaired) electrons. The second-order valence-electron chi connectivity index (χ2n) is 4.28. The van der Waals surface area contributed by atoms with Gasteiger partial charge in [-0.3, -0.25) is 4.79 Å². The SMILES string of the molecule is O=C(Nc1ccccc1)c1nnc(C(Cl)=Cc2ccsc2)s1. The topological polar surface area (TPSA) is 54.9 Å². The van der Waals surface area contributed by atoms with Gasteiger partial charge in [0.1, 0.15) is 0 Å². The Labute approximate surface area is 140 Å². The van der Waals surface area contributed by atoms with Crippen molar-refractivity contribution in [2.45, 2.75) is 0 Å². The number of benzene rings is 1. The number of nitrogens with one attached hydrogen (secondary N) is 1. The number of anilines is 1. The lowest BCUT2D eigenvalue weighted by molar-refractivity contribution is 0.102. The summed E-state index contributed by atoms with van der Waals surface area (Å²) in [7, 11) is 0. The molecule has 0 atom stereocenters. The summed E-state index contributed by atoms with van der Waals surface area (Å²) in [5.41, 5.74) is 1.71. The Hall–Kier alpha value is -2.02. The molecular formula is C15H10ClN3OS2. The molecular weight excluding hydrogens is 338 g/mol. The second kappa shape index (κ2) is 6.83. The third kappa shape index (κ3) is 3.59. The van der Waals surface area contributed by atoms with Crippen LogP contribution in [0.5, 0.6) is 0 Å². The number of hydrogen-bond acceptors (Lipinski definition) is 5. The van der Waals surface area contributed by atoms with E-state index >= 15 is 0 Å². The smallest absolute Gasteiger partial charge is 0.286 e. The normalized spacial score (nSPS) is 11.4. The molecule has 0 saturated carbocycles. The van der Waals surface area contributed by atoms with Gasteiger partial charge in [0.05, 0.1) is 5.03 Å². The molecule has 1 amide bonds. The van der Waals surface area contributed by atoms with Crippen molar-refractivity contribution in [2.24, 2.45) is 0 Å². The van der Waals surface area contributed by atoms with Crippen LogP contribution < -0.4 is 5.32 Å². The fourth-order valence-electron chi connectivity index (χ4n) is 1.68. The van der Waals surface area contributed by atoms with E-state index in [0.29, 0.717) is 15.7 Å². The molecule has 4 nitrogen and oxygen atoms in total. The molecule has 3 rings (SSSR count). The summed E-state index contributed by atoms with van der Waals surface area (Å²) in [6, 6.07) is 11.2. The first-order valence-electron chi connectivity index (χ1n) is 6.32. The van der Waals surface area contributed by atoms with Gasteiger partial charge in [-0.1, -0.05) is 41.1 Å². The molecule has 110 valence electrons. The highest BCUT2D eigenvalue weighted by molar-refractivity contribution is 7.15. The van der Waals surface area contributed by atoms with E-state index in [-0.39, 0.29) is 10.9 Å². The Balaban J connectivity index is 1.74. The lowest BCUT2D eigenvalue weighted by Crippen LogP contribution is -2.11. The molecule has 0 fully saturated rings. The maximum atomic E-state index is 12.1. The van der Waals surface area contributed by atoms with Crippen LogP contribution in [0, 0.1) is 0 Å². The zero-order valence-electron chi connectivity index (χ0n) is 11.2. The quantitative estimate of drug-likeness (QED) is 0.751. The van der Waals surface area contributed by atoms with E-state index in [9.17, 15) is 4.79 Å². The first-order valence-corrected chi connectivity index (χ1v) is 8.46. The summed E-state index contributed by atoms with van der Waals surface area (Å²) in [4.78, 5) is 12.1. The van der Waals surface area contributed by atoms with Crippen LogP contribution in [0.4, 0.5) is 5.69 Å². The molecule has 3 aromatic rings. The minimum absolute atomic E-state index is 0.274. The molecule has 1 N–H and O–H groups in total. The molecule has 0 spiro atoms. The van der Waals surface area contributed by atoms with E-state index in [1.54, 1.807) is 17.4 Å². The minimum Gasteiger partial charge on any atom is -0.320 e. The first-order chi connectivity index (χ1) is 10.7. The van der Waals surface area contributed by atoms with Crippen LogP contribution >= 0.6 is 34.3 Å². The molecule has 0 aliphatic heterocycles. The lowest BCUT2D eigenvalue weighted by Gasteiger charge is -2.00. The average Bonchev–Trinajstić information content (AvgIpc) is 3.19. The van der Waals surface area contributed by atoms with Gasteiger partial charge in [0.25, 0.3) is 5.91 Å². The highest BCUT2D eigenvalue weighted by Gasteiger charge is 2.14. The number of halogens is 1. The van der Waals surface area contributed by atoms with E-state index in [1.807, 2.05) is 47.2 Å². The molecule has 22 heavy (non-hydrogen) atoms. The van der Waals surface area contributed by atoms with Crippen molar-refractivity contribution in [3.05, 3.63) is 62.7 Å². The van der Waals surface area contributed by atoms with Crippen LogP contribution in [-0.4, -0.2) is 16.1 Å². The van der Waals surface area contributed by atoms with Gasteiger partial charge in [0.2, 0.25) is 5.01 Å². The molecule has 7 heteroatoms. The van der Waals surface area contributed by atoms with Crippen molar-refractivity contribution in [1.82, 2.24) is 10.2 Å². The van der Waals surface area contributed by atoms with Gasteiger partial charge in [-0.2, -0.15) is 11.3 Å². The zero-order chi connectivity index (χ0) is 15.4. The standard InChI is InChI=1S/C15H10ClN3OS2/c16-12(8-10-6-7-21-9-10)14-18-19-15(22-14)13(20)17-11-4-2-1-3-5-11/h1-9H,(H,17,20). The van der Waals surface area contributed by atoms with Gasteiger partial charge in [0, 0.05) is 5.69 Å². The summed E-state index contributed by atoms with van der Waals surface area (Å²) in [5, 5.41) is 15.8. The van der Waals surface area contributed by atoms with E-state index in [4.69, 9.17) is 11.6 Å². The van der Waals surface area contributed by atoms with Crippen molar-refractivity contribution >= 4 is 57.0 Å². The number of rotatable bonds is 4. The van der Waals surface area contributed by atoms with E-state index in [2.05, 4.69) is 15.5 Å². The molecule has 1 aromatic carbocycles. The average molecular weight is 348 g/mol. The van der Waals surface area contributed by atoms with Gasteiger partial charge in [-0.05, 0) is 40.6 Å². The number of carbonyl (C=O) groups excluding carboxylic acids is 1. The molecule has 2 heterocycles. The Morgan fingerprint density at radius 2 is 1.91 bits per heavy atom. The third-order valence-electron chi connectivity index (χ3n) is 2.69. The van der Waals surface area contributed by atoms with Crippen LogP contribution in [-0.2, 0) is 0 Å². The Morgan fingerprint density at radius 1 is 1.14 bits per heavy atom. The zero-order valence-corrected chi connectivity index (χ0v) is 13.6. The van der Waals surface area contributed by atoms with E-state index < -0.39 is 0 Å². The highest BCUT2D eigenvalue weighted by atomic mass is 35.5. The number of amides is 1. The molecule has 0 aliphatic carbocycles. The lowest BCUT2D eigenvalue weighted by atomic mass is 10.3. The molecule has 0 saturated heterocycles. The molecule has 0 aliphatic rings. The summed E-state index contributed by atoms with van der Waals surface area (Å²) in [6.45, 7) is 0. The predicted molar refractivity (Wildman–Crippen MR) is 92.3 cm³/mol. The van der Waals surface area contributed by atoms with Crippen LogP contribution in [0.15, 0.2) is 47.2 Å².